The number of fused-ring (bicyclic) bond motifs is 5. The lowest BCUT2D eigenvalue weighted by atomic mass is 9.81. The molecule has 0 bridgehead atoms. The zero-order valence-corrected chi connectivity index (χ0v) is 19.2. The Labute approximate surface area is 189 Å². The average Bonchev–Trinajstić information content (AvgIpc) is 3.02. The highest BCUT2D eigenvalue weighted by atomic mass is 16.5. The zero-order chi connectivity index (χ0) is 22.4. The standard InChI is InChI=1S/C27H32N2O3/c1-17(2)28-13-14-29-23-15-19(27(30)31)9-11-21(23)25(18-7-5-4-6-8-18)26(29)22-12-10-20(32-3)16-24(22)28/h9-12,15-18H,4-8,13-14H2,1-3H3,(H,30,31). The molecular weight excluding hydrogens is 400 g/mol. The first-order chi connectivity index (χ1) is 15.5. The van der Waals surface area contributed by atoms with Gasteiger partial charge < -0.3 is 19.3 Å². The van der Waals surface area contributed by atoms with E-state index in [1.807, 2.05) is 12.1 Å². The Morgan fingerprint density at radius 3 is 2.53 bits per heavy atom. The molecular formula is C27H32N2O3. The van der Waals surface area contributed by atoms with Crippen LogP contribution in [0.2, 0.25) is 0 Å². The number of ether oxygens (including phenoxy) is 1. The summed E-state index contributed by atoms with van der Waals surface area (Å²) in [5.74, 6) is 0.509. The van der Waals surface area contributed by atoms with Crippen molar-refractivity contribution in [2.24, 2.45) is 0 Å². The Bertz CT molecular complexity index is 1170. The fraction of sp³-hybridized carbons (Fsp3) is 0.444. The Morgan fingerprint density at radius 1 is 1.06 bits per heavy atom. The van der Waals surface area contributed by atoms with Gasteiger partial charge in [0.15, 0.2) is 0 Å². The van der Waals surface area contributed by atoms with Crippen molar-refractivity contribution in [2.75, 3.05) is 18.6 Å². The Morgan fingerprint density at radius 2 is 1.84 bits per heavy atom. The first-order valence-corrected chi connectivity index (χ1v) is 11.8. The summed E-state index contributed by atoms with van der Waals surface area (Å²) in [6.07, 6.45) is 6.23. The third kappa shape index (κ3) is 3.35. The van der Waals surface area contributed by atoms with Crippen LogP contribution in [-0.2, 0) is 6.54 Å². The van der Waals surface area contributed by atoms with E-state index >= 15 is 0 Å². The van der Waals surface area contributed by atoms with Crippen LogP contribution in [0.5, 0.6) is 5.75 Å². The summed E-state index contributed by atoms with van der Waals surface area (Å²) < 4.78 is 7.97. The van der Waals surface area contributed by atoms with Crippen molar-refractivity contribution in [2.45, 2.75) is 64.5 Å². The molecule has 5 rings (SSSR count). The van der Waals surface area contributed by atoms with Crippen molar-refractivity contribution in [3.05, 3.63) is 47.5 Å². The van der Waals surface area contributed by atoms with Crippen LogP contribution in [0.1, 0.15) is 67.8 Å². The van der Waals surface area contributed by atoms with Gasteiger partial charge >= 0.3 is 5.97 Å². The van der Waals surface area contributed by atoms with E-state index < -0.39 is 5.97 Å². The zero-order valence-electron chi connectivity index (χ0n) is 19.2. The molecule has 0 saturated heterocycles. The number of anilines is 1. The van der Waals surface area contributed by atoms with Gasteiger partial charge in [0.1, 0.15) is 5.75 Å². The second-order valence-electron chi connectivity index (χ2n) is 9.46. The number of methoxy groups -OCH3 is 1. The molecule has 0 unspecified atom stereocenters. The molecule has 1 aliphatic heterocycles. The highest BCUT2D eigenvalue weighted by Crippen LogP contribution is 2.48. The molecule has 32 heavy (non-hydrogen) atoms. The highest BCUT2D eigenvalue weighted by Gasteiger charge is 2.31. The van der Waals surface area contributed by atoms with Crippen molar-refractivity contribution in [1.82, 2.24) is 4.57 Å². The first-order valence-electron chi connectivity index (χ1n) is 11.8. The van der Waals surface area contributed by atoms with Crippen LogP contribution < -0.4 is 9.64 Å². The molecule has 0 atom stereocenters. The summed E-state index contributed by atoms with van der Waals surface area (Å²) >= 11 is 0. The van der Waals surface area contributed by atoms with E-state index in [1.54, 1.807) is 13.2 Å². The summed E-state index contributed by atoms with van der Waals surface area (Å²) in [6, 6.07) is 12.5. The molecule has 2 aromatic carbocycles. The maximum atomic E-state index is 11.8. The number of rotatable bonds is 4. The summed E-state index contributed by atoms with van der Waals surface area (Å²) in [7, 11) is 1.72. The predicted octanol–water partition coefficient (Wildman–Crippen LogP) is 6.29. The summed E-state index contributed by atoms with van der Waals surface area (Å²) in [5, 5.41) is 10.9. The molecule has 3 aromatic rings. The highest BCUT2D eigenvalue weighted by molar-refractivity contribution is 5.99. The molecule has 168 valence electrons. The number of carboxylic acids is 1. The minimum Gasteiger partial charge on any atom is -0.497 e. The second-order valence-corrected chi connectivity index (χ2v) is 9.46. The number of hydrogen-bond donors (Lipinski definition) is 1. The van der Waals surface area contributed by atoms with Gasteiger partial charge in [-0.25, -0.2) is 4.79 Å². The summed E-state index contributed by atoms with van der Waals surface area (Å²) in [5.41, 5.74) is 6.52. The van der Waals surface area contributed by atoms with Crippen LogP contribution in [0.15, 0.2) is 36.4 Å². The van der Waals surface area contributed by atoms with Gasteiger partial charge in [0.2, 0.25) is 0 Å². The van der Waals surface area contributed by atoms with E-state index in [1.165, 1.54) is 60.0 Å². The third-order valence-corrected chi connectivity index (χ3v) is 7.32. The van der Waals surface area contributed by atoms with Crippen LogP contribution in [0.25, 0.3) is 22.2 Å². The number of benzene rings is 2. The molecule has 5 heteroatoms. The lowest BCUT2D eigenvalue weighted by molar-refractivity contribution is 0.0697. The van der Waals surface area contributed by atoms with Gasteiger partial charge in [-0.1, -0.05) is 25.3 Å². The van der Waals surface area contributed by atoms with E-state index in [0.717, 1.165) is 24.4 Å². The van der Waals surface area contributed by atoms with Gasteiger partial charge in [0.05, 0.1) is 24.1 Å². The van der Waals surface area contributed by atoms with Crippen LogP contribution in [0.3, 0.4) is 0 Å². The minimum atomic E-state index is -0.871. The minimum absolute atomic E-state index is 0.351. The fourth-order valence-electron chi connectivity index (χ4n) is 5.78. The largest absolute Gasteiger partial charge is 0.497 e. The van der Waals surface area contributed by atoms with E-state index in [4.69, 9.17) is 4.74 Å². The number of aromatic nitrogens is 1. The Kier molecular flexibility index (Phi) is 5.36. The van der Waals surface area contributed by atoms with Crippen molar-refractivity contribution >= 4 is 22.6 Å². The number of carboxylic acid groups (broad SMARTS) is 1. The predicted molar refractivity (Wildman–Crippen MR) is 129 cm³/mol. The topological polar surface area (TPSA) is 54.7 Å². The van der Waals surface area contributed by atoms with Crippen molar-refractivity contribution < 1.29 is 14.6 Å². The fourth-order valence-corrected chi connectivity index (χ4v) is 5.78. The summed E-state index contributed by atoms with van der Waals surface area (Å²) in [4.78, 5) is 14.2. The third-order valence-electron chi connectivity index (χ3n) is 7.32. The van der Waals surface area contributed by atoms with Gasteiger partial charge in [0.25, 0.3) is 0 Å². The van der Waals surface area contributed by atoms with Crippen LogP contribution >= 0.6 is 0 Å². The molecule has 0 spiro atoms. The van der Waals surface area contributed by atoms with Crippen LogP contribution in [0.4, 0.5) is 5.69 Å². The van der Waals surface area contributed by atoms with Gasteiger partial charge in [0, 0.05) is 41.7 Å². The van der Waals surface area contributed by atoms with E-state index in [2.05, 4.69) is 41.5 Å². The maximum Gasteiger partial charge on any atom is 0.335 e. The molecule has 5 nitrogen and oxygen atoms in total. The van der Waals surface area contributed by atoms with Gasteiger partial charge in [-0.15, -0.1) is 0 Å². The lowest BCUT2D eigenvalue weighted by Gasteiger charge is -2.29. The Balaban J connectivity index is 1.83. The quantitative estimate of drug-likeness (QED) is 0.526. The molecule has 1 N–H and O–H groups in total. The average molecular weight is 433 g/mol. The molecule has 1 aliphatic carbocycles. The molecule has 0 amide bonds. The van der Waals surface area contributed by atoms with Gasteiger partial charge in [-0.05, 0) is 62.4 Å². The normalized spacial score (nSPS) is 16.7. The van der Waals surface area contributed by atoms with Crippen LogP contribution in [-0.4, -0.2) is 35.3 Å². The maximum absolute atomic E-state index is 11.8. The lowest BCUT2D eigenvalue weighted by Crippen LogP contribution is -2.32. The first kappa shape index (κ1) is 20.9. The van der Waals surface area contributed by atoms with E-state index in [0.29, 0.717) is 17.5 Å². The molecule has 2 aliphatic rings. The molecule has 1 aromatic heterocycles. The molecule has 1 fully saturated rings. The molecule has 1 saturated carbocycles. The number of nitrogens with zero attached hydrogens (tertiary/aromatic N) is 2. The Hall–Kier alpha value is -2.95. The van der Waals surface area contributed by atoms with Gasteiger partial charge in [-0.2, -0.15) is 0 Å². The summed E-state index contributed by atoms with van der Waals surface area (Å²) in [6.45, 7) is 6.16. The van der Waals surface area contributed by atoms with Crippen molar-refractivity contribution in [3.63, 3.8) is 0 Å². The molecule has 2 heterocycles. The SMILES string of the molecule is COc1ccc2c(c1)N(C(C)C)CCn1c-2c(C2CCCCC2)c2ccc(C(=O)O)cc21. The van der Waals surface area contributed by atoms with E-state index in [-0.39, 0.29) is 0 Å². The number of carbonyl (C=O) groups is 1. The van der Waals surface area contributed by atoms with Crippen molar-refractivity contribution in [3.8, 4) is 17.0 Å². The number of hydrogen-bond acceptors (Lipinski definition) is 3. The second kappa shape index (κ2) is 8.19. The van der Waals surface area contributed by atoms with Crippen LogP contribution in [0, 0.1) is 0 Å². The smallest absolute Gasteiger partial charge is 0.335 e. The van der Waals surface area contributed by atoms with Gasteiger partial charge in [-0.3, -0.25) is 0 Å². The number of aromatic carboxylic acids is 1. The van der Waals surface area contributed by atoms with E-state index in [9.17, 15) is 9.90 Å². The monoisotopic (exact) mass is 432 g/mol. The van der Waals surface area contributed by atoms with Crippen molar-refractivity contribution in [1.29, 1.82) is 0 Å². The molecule has 0 radical (unpaired) electrons.